The molecule has 0 aliphatic rings. The van der Waals surface area contributed by atoms with Gasteiger partial charge in [0.1, 0.15) is 5.75 Å². The normalized spacial score (nSPS) is 10.3. The number of halogens is 1. The lowest BCUT2D eigenvalue weighted by atomic mass is 10.1. The van der Waals surface area contributed by atoms with Crippen molar-refractivity contribution < 1.29 is 14.7 Å². The highest BCUT2D eigenvalue weighted by atomic mass is 127. The van der Waals surface area contributed by atoms with Crippen molar-refractivity contribution in [3.63, 3.8) is 0 Å². The molecule has 2 N–H and O–H groups in total. The summed E-state index contributed by atoms with van der Waals surface area (Å²) in [6.07, 6.45) is 0.907. The van der Waals surface area contributed by atoms with Crippen molar-refractivity contribution in [3.8, 4) is 5.75 Å². The van der Waals surface area contributed by atoms with Crippen molar-refractivity contribution in [1.29, 1.82) is 0 Å². The fourth-order valence-corrected chi connectivity index (χ4v) is 2.69. The van der Waals surface area contributed by atoms with E-state index in [1.165, 1.54) is 8.47 Å². The van der Waals surface area contributed by atoms with Gasteiger partial charge in [-0.05, 0) is 64.4 Å². The summed E-state index contributed by atoms with van der Waals surface area (Å²) in [7, 11) is 1.60. The Morgan fingerprint density at radius 2 is 1.84 bits per heavy atom. The largest absolute Gasteiger partial charge is 0.508 e. The lowest BCUT2D eigenvalue weighted by molar-refractivity contribution is -0.134. The highest BCUT2D eigenvalue weighted by molar-refractivity contribution is 14.1. The minimum atomic E-state index is -0.183. The molecule has 5 nitrogen and oxygen atoms in total. The molecule has 2 rings (SSSR count). The second-order valence-corrected chi connectivity index (χ2v) is 7.07. The zero-order valence-corrected chi connectivity index (χ0v) is 16.2. The number of carbonyl (C=O) groups excluding carboxylic acids is 2. The van der Waals surface area contributed by atoms with Crippen molar-refractivity contribution in [1.82, 2.24) is 10.2 Å². The number of amides is 2. The number of rotatable bonds is 7. The Bertz CT molecular complexity index is 732. The summed E-state index contributed by atoms with van der Waals surface area (Å²) >= 11 is 2.25. The van der Waals surface area contributed by atoms with Crippen LogP contribution in [-0.4, -0.2) is 42.0 Å². The average molecular weight is 452 g/mol. The first kappa shape index (κ1) is 19.2. The number of likely N-dealkylation sites (N-methyl/N-ethyl adjacent to an activating group) is 1. The van der Waals surface area contributed by atoms with Crippen LogP contribution in [0.3, 0.4) is 0 Å². The number of benzene rings is 2. The molecule has 2 amide bonds. The van der Waals surface area contributed by atoms with Crippen LogP contribution in [0.1, 0.15) is 11.1 Å². The summed E-state index contributed by atoms with van der Waals surface area (Å²) in [6.45, 7) is 0.554. The molecule has 0 saturated heterocycles. The quantitative estimate of drug-likeness (QED) is 0.634. The van der Waals surface area contributed by atoms with Gasteiger partial charge in [0.15, 0.2) is 0 Å². The van der Waals surface area contributed by atoms with Crippen LogP contribution in [0.4, 0.5) is 0 Å². The van der Waals surface area contributed by atoms with Crippen LogP contribution in [0.15, 0.2) is 48.5 Å². The highest BCUT2D eigenvalue weighted by Gasteiger charge is 2.13. The zero-order valence-electron chi connectivity index (χ0n) is 14.0. The van der Waals surface area contributed by atoms with Gasteiger partial charge in [-0.15, -0.1) is 0 Å². The first-order chi connectivity index (χ1) is 11.9. The number of phenolic OH excluding ortho intramolecular Hbond substituents is 1. The van der Waals surface area contributed by atoms with E-state index in [0.29, 0.717) is 6.54 Å². The summed E-state index contributed by atoms with van der Waals surface area (Å²) in [5, 5.41) is 12.3. The SMILES string of the molecule is CN(CC(=O)NCCc1ccc(I)cc1)C(=O)Cc1cccc(O)c1. The first-order valence-electron chi connectivity index (χ1n) is 7.97. The summed E-state index contributed by atoms with van der Waals surface area (Å²) in [4.78, 5) is 25.5. The molecule has 0 bridgehead atoms. The summed E-state index contributed by atoms with van der Waals surface area (Å²) in [5.41, 5.74) is 1.88. The summed E-state index contributed by atoms with van der Waals surface area (Å²) in [5.74, 6) is -0.225. The predicted molar refractivity (Wildman–Crippen MR) is 105 cm³/mol. The van der Waals surface area contributed by atoms with E-state index >= 15 is 0 Å². The maximum atomic E-state index is 12.1. The van der Waals surface area contributed by atoms with E-state index in [4.69, 9.17) is 0 Å². The van der Waals surface area contributed by atoms with Gasteiger partial charge in [0.05, 0.1) is 13.0 Å². The smallest absolute Gasteiger partial charge is 0.239 e. The molecule has 0 aromatic heterocycles. The molecular formula is C19H21IN2O3. The second-order valence-electron chi connectivity index (χ2n) is 5.82. The monoisotopic (exact) mass is 452 g/mol. The van der Waals surface area contributed by atoms with E-state index in [9.17, 15) is 14.7 Å². The van der Waals surface area contributed by atoms with Crippen molar-refractivity contribution in [3.05, 3.63) is 63.2 Å². The highest BCUT2D eigenvalue weighted by Crippen LogP contribution is 2.12. The van der Waals surface area contributed by atoms with Crippen molar-refractivity contribution in [2.75, 3.05) is 20.1 Å². The Morgan fingerprint density at radius 1 is 1.12 bits per heavy atom. The van der Waals surface area contributed by atoms with Gasteiger partial charge in [0, 0.05) is 17.2 Å². The topological polar surface area (TPSA) is 69.6 Å². The number of hydrogen-bond acceptors (Lipinski definition) is 3. The van der Waals surface area contributed by atoms with Gasteiger partial charge < -0.3 is 15.3 Å². The van der Waals surface area contributed by atoms with Gasteiger partial charge in [-0.3, -0.25) is 9.59 Å². The Kier molecular flexibility index (Phi) is 7.24. The van der Waals surface area contributed by atoms with Gasteiger partial charge >= 0.3 is 0 Å². The van der Waals surface area contributed by atoms with Crippen LogP contribution in [0.5, 0.6) is 5.75 Å². The third-order valence-corrected chi connectivity index (χ3v) is 4.44. The van der Waals surface area contributed by atoms with Gasteiger partial charge in [-0.2, -0.15) is 0 Å². The molecule has 2 aromatic rings. The van der Waals surface area contributed by atoms with E-state index in [1.54, 1.807) is 31.3 Å². The van der Waals surface area contributed by atoms with Crippen LogP contribution in [0, 0.1) is 3.57 Å². The number of nitrogens with zero attached hydrogens (tertiary/aromatic N) is 1. The molecule has 132 valence electrons. The van der Waals surface area contributed by atoms with E-state index in [0.717, 1.165) is 17.5 Å². The molecule has 0 atom stereocenters. The van der Waals surface area contributed by atoms with Gasteiger partial charge in [-0.25, -0.2) is 0 Å². The van der Waals surface area contributed by atoms with Gasteiger partial charge in [0.25, 0.3) is 0 Å². The number of phenols is 1. The van der Waals surface area contributed by atoms with E-state index in [1.807, 2.05) is 24.3 Å². The summed E-state index contributed by atoms with van der Waals surface area (Å²) in [6, 6.07) is 14.7. The molecule has 2 aromatic carbocycles. The van der Waals surface area contributed by atoms with E-state index in [2.05, 4.69) is 27.9 Å². The summed E-state index contributed by atoms with van der Waals surface area (Å²) < 4.78 is 1.18. The number of nitrogens with one attached hydrogen (secondary N) is 1. The molecule has 25 heavy (non-hydrogen) atoms. The van der Waals surface area contributed by atoms with E-state index in [-0.39, 0.29) is 30.5 Å². The minimum Gasteiger partial charge on any atom is -0.508 e. The van der Waals surface area contributed by atoms with Gasteiger partial charge in [-0.1, -0.05) is 24.3 Å². The van der Waals surface area contributed by atoms with Crippen LogP contribution < -0.4 is 5.32 Å². The molecule has 0 fully saturated rings. The molecule has 0 aliphatic carbocycles. The number of hydrogen-bond donors (Lipinski definition) is 2. The standard InChI is InChI=1S/C19H21IN2O3/c1-22(19(25)12-15-3-2-4-17(23)11-15)13-18(24)21-10-9-14-5-7-16(20)8-6-14/h2-8,11,23H,9-10,12-13H2,1H3,(H,21,24). The second kappa shape index (κ2) is 9.41. The maximum Gasteiger partial charge on any atom is 0.239 e. The number of carbonyl (C=O) groups is 2. The molecule has 0 radical (unpaired) electrons. The lowest BCUT2D eigenvalue weighted by Gasteiger charge is -2.17. The minimum absolute atomic E-state index is 0.0182. The lowest BCUT2D eigenvalue weighted by Crippen LogP contribution is -2.39. The van der Waals surface area contributed by atoms with Crippen molar-refractivity contribution >= 4 is 34.4 Å². The number of aromatic hydroxyl groups is 1. The Morgan fingerprint density at radius 3 is 2.52 bits per heavy atom. The predicted octanol–water partition coefficient (Wildman–Crippen LogP) is 2.36. The van der Waals surface area contributed by atoms with Crippen LogP contribution >= 0.6 is 22.6 Å². The fraction of sp³-hybridized carbons (Fsp3) is 0.263. The zero-order chi connectivity index (χ0) is 18.2. The molecule has 0 aliphatic heterocycles. The van der Waals surface area contributed by atoms with Gasteiger partial charge in [0.2, 0.25) is 11.8 Å². The third-order valence-electron chi connectivity index (χ3n) is 3.72. The fourth-order valence-electron chi connectivity index (χ4n) is 2.33. The molecular weight excluding hydrogens is 431 g/mol. The maximum absolute atomic E-state index is 12.1. The van der Waals surface area contributed by atoms with Crippen molar-refractivity contribution in [2.45, 2.75) is 12.8 Å². The Hall–Kier alpha value is -2.09. The van der Waals surface area contributed by atoms with E-state index < -0.39 is 0 Å². The van der Waals surface area contributed by atoms with Crippen LogP contribution in [-0.2, 0) is 22.4 Å². The molecule has 0 saturated carbocycles. The van der Waals surface area contributed by atoms with Crippen LogP contribution in [0.25, 0.3) is 0 Å². The first-order valence-corrected chi connectivity index (χ1v) is 9.05. The Labute approximate surface area is 161 Å². The molecule has 0 heterocycles. The Balaban J connectivity index is 1.73. The third kappa shape index (κ3) is 6.74. The van der Waals surface area contributed by atoms with Crippen molar-refractivity contribution in [2.24, 2.45) is 0 Å². The molecule has 0 spiro atoms. The molecule has 0 unspecified atom stereocenters. The van der Waals surface area contributed by atoms with Crippen LogP contribution in [0.2, 0.25) is 0 Å². The average Bonchev–Trinajstić information content (AvgIpc) is 2.56. The molecule has 6 heteroatoms.